The standard InChI is InChI=1S/C19H18N2O7/c1-2-26-19(23)13-8-12(9-15(10-13)21(24)25)18(22)20-14-4-5-16-17(11-14)28-7-3-6-27-16/h4-5,8-11H,2-3,6-7H2,1H3,(H,20,22). The molecule has 2 aromatic rings. The van der Waals surface area contributed by atoms with Crippen LogP contribution in [0.4, 0.5) is 11.4 Å². The lowest BCUT2D eigenvalue weighted by Crippen LogP contribution is -2.14. The van der Waals surface area contributed by atoms with Gasteiger partial charge in [0.2, 0.25) is 0 Å². The van der Waals surface area contributed by atoms with Crippen LogP contribution in [0.5, 0.6) is 11.5 Å². The van der Waals surface area contributed by atoms with E-state index in [-0.39, 0.29) is 23.4 Å². The lowest BCUT2D eigenvalue weighted by Gasteiger charge is -2.11. The maximum Gasteiger partial charge on any atom is 0.338 e. The van der Waals surface area contributed by atoms with Gasteiger partial charge in [-0.05, 0) is 25.1 Å². The monoisotopic (exact) mass is 386 g/mol. The summed E-state index contributed by atoms with van der Waals surface area (Å²) in [6.45, 7) is 2.77. The van der Waals surface area contributed by atoms with Crippen LogP contribution in [-0.4, -0.2) is 36.6 Å². The summed E-state index contributed by atoms with van der Waals surface area (Å²) in [5.41, 5.74) is -0.0583. The van der Waals surface area contributed by atoms with E-state index in [1.807, 2.05) is 0 Å². The molecule has 28 heavy (non-hydrogen) atoms. The summed E-state index contributed by atoms with van der Waals surface area (Å²) in [6.07, 6.45) is 0.751. The van der Waals surface area contributed by atoms with E-state index in [0.717, 1.165) is 18.6 Å². The molecule has 1 aliphatic heterocycles. The normalized spacial score (nSPS) is 12.6. The number of esters is 1. The molecular weight excluding hydrogens is 368 g/mol. The van der Waals surface area contributed by atoms with Gasteiger partial charge >= 0.3 is 5.97 Å². The summed E-state index contributed by atoms with van der Waals surface area (Å²) in [6, 6.07) is 8.35. The molecule has 1 aliphatic rings. The van der Waals surface area contributed by atoms with Crippen LogP contribution in [-0.2, 0) is 4.74 Å². The lowest BCUT2D eigenvalue weighted by molar-refractivity contribution is -0.384. The number of nitro benzene ring substituents is 1. The smallest absolute Gasteiger partial charge is 0.338 e. The first-order valence-electron chi connectivity index (χ1n) is 8.65. The van der Waals surface area contributed by atoms with Gasteiger partial charge in [0.05, 0.1) is 30.3 Å². The fourth-order valence-electron chi connectivity index (χ4n) is 2.62. The number of ether oxygens (including phenoxy) is 3. The first-order valence-corrected chi connectivity index (χ1v) is 8.65. The summed E-state index contributed by atoms with van der Waals surface area (Å²) in [5, 5.41) is 13.8. The van der Waals surface area contributed by atoms with Crippen LogP contribution in [0.15, 0.2) is 36.4 Å². The number of carbonyl (C=O) groups is 2. The number of hydrogen-bond donors (Lipinski definition) is 1. The molecule has 0 saturated carbocycles. The molecule has 9 nitrogen and oxygen atoms in total. The van der Waals surface area contributed by atoms with E-state index in [1.54, 1.807) is 25.1 Å². The molecule has 0 aliphatic carbocycles. The summed E-state index contributed by atoms with van der Waals surface area (Å²) >= 11 is 0. The zero-order valence-corrected chi connectivity index (χ0v) is 15.1. The molecular formula is C19H18N2O7. The van der Waals surface area contributed by atoms with Gasteiger partial charge in [-0.15, -0.1) is 0 Å². The Morgan fingerprint density at radius 2 is 1.82 bits per heavy atom. The predicted molar refractivity (Wildman–Crippen MR) is 99.1 cm³/mol. The Bertz CT molecular complexity index is 926. The third-order valence-corrected chi connectivity index (χ3v) is 3.91. The van der Waals surface area contributed by atoms with Gasteiger partial charge in [-0.25, -0.2) is 4.79 Å². The summed E-state index contributed by atoms with van der Waals surface area (Å²) in [5.74, 6) is -0.267. The molecule has 0 fully saturated rings. The van der Waals surface area contributed by atoms with Gasteiger partial charge in [0.1, 0.15) is 0 Å². The molecule has 0 spiro atoms. The molecule has 0 atom stereocenters. The highest BCUT2D eigenvalue weighted by molar-refractivity contribution is 6.06. The third kappa shape index (κ3) is 4.37. The minimum atomic E-state index is -0.740. The first-order chi connectivity index (χ1) is 13.5. The molecule has 1 N–H and O–H groups in total. The van der Waals surface area contributed by atoms with E-state index in [1.165, 1.54) is 6.07 Å². The number of amides is 1. The largest absolute Gasteiger partial charge is 0.490 e. The van der Waals surface area contributed by atoms with Crippen LogP contribution in [0.2, 0.25) is 0 Å². The molecule has 3 rings (SSSR count). The van der Waals surface area contributed by atoms with Crippen molar-refractivity contribution in [3.63, 3.8) is 0 Å². The van der Waals surface area contributed by atoms with Crippen molar-refractivity contribution >= 4 is 23.3 Å². The molecule has 0 aromatic heterocycles. The number of carbonyl (C=O) groups excluding carboxylic acids is 2. The second-order valence-corrected chi connectivity index (χ2v) is 5.91. The Labute approximate surface area is 160 Å². The van der Waals surface area contributed by atoms with E-state index in [2.05, 4.69) is 5.32 Å². The van der Waals surface area contributed by atoms with Crippen LogP contribution in [0.25, 0.3) is 0 Å². The number of hydrogen-bond acceptors (Lipinski definition) is 7. The molecule has 0 saturated heterocycles. The Morgan fingerprint density at radius 1 is 1.11 bits per heavy atom. The average Bonchev–Trinajstić information content (AvgIpc) is 2.92. The maximum atomic E-state index is 12.6. The second-order valence-electron chi connectivity index (χ2n) is 5.91. The Morgan fingerprint density at radius 3 is 2.54 bits per heavy atom. The zero-order chi connectivity index (χ0) is 20.1. The summed E-state index contributed by atoms with van der Waals surface area (Å²) < 4.78 is 16.0. The van der Waals surface area contributed by atoms with Gasteiger partial charge < -0.3 is 19.5 Å². The van der Waals surface area contributed by atoms with E-state index in [4.69, 9.17) is 14.2 Å². The van der Waals surface area contributed by atoms with Crippen molar-refractivity contribution in [2.75, 3.05) is 25.1 Å². The predicted octanol–water partition coefficient (Wildman–Crippen LogP) is 3.19. The number of nitro groups is 1. The summed E-state index contributed by atoms with van der Waals surface area (Å²) in [7, 11) is 0. The number of non-ortho nitro benzene ring substituents is 1. The van der Waals surface area contributed by atoms with E-state index < -0.39 is 16.8 Å². The summed E-state index contributed by atoms with van der Waals surface area (Å²) in [4.78, 5) is 35.0. The van der Waals surface area contributed by atoms with Crippen molar-refractivity contribution < 1.29 is 28.7 Å². The number of nitrogens with one attached hydrogen (secondary N) is 1. The van der Waals surface area contributed by atoms with Crippen molar-refractivity contribution in [3.8, 4) is 11.5 Å². The number of fused-ring (bicyclic) bond motifs is 1. The van der Waals surface area contributed by atoms with Crippen molar-refractivity contribution in [1.82, 2.24) is 0 Å². The van der Waals surface area contributed by atoms with Crippen LogP contribution in [0.1, 0.15) is 34.1 Å². The van der Waals surface area contributed by atoms with Crippen molar-refractivity contribution in [1.29, 1.82) is 0 Å². The second kappa shape index (κ2) is 8.38. The Hall–Kier alpha value is -3.62. The SMILES string of the molecule is CCOC(=O)c1cc(C(=O)Nc2ccc3c(c2)OCCCO3)cc([N+](=O)[O-])c1. The van der Waals surface area contributed by atoms with E-state index in [0.29, 0.717) is 30.4 Å². The molecule has 2 aromatic carbocycles. The van der Waals surface area contributed by atoms with Gasteiger partial charge in [-0.2, -0.15) is 0 Å². The molecule has 0 radical (unpaired) electrons. The fraction of sp³-hybridized carbons (Fsp3) is 0.263. The van der Waals surface area contributed by atoms with Gasteiger partial charge in [-0.1, -0.05) is 0 Å². The maximum absolute atomic E-state index is 12.6. The third-order valence-electron chi connectivity index (χ3n) is 3.91. The Balaban J connectivity index is 1.86. The van der Waals surface area contributed by atoms with Gasteiger partial charge in [0.15, 0.2) is 11.5 Å². The zero-order valence-electron chi connectivity index (χ0n) is 15.1. The number of benzene rings is 2. The lowest BCUT2D eigenvalue weighted by atomic mass is 10.1. The first kappa shape index (κ1) is 19.2. The van der Waals surface area contributed by atoms with Crippen LogP contribution in [0.3, 0.4) is 0 Å². The van der Waals surface area contributed by atoms with Gasteiger partial charge in [0.25, 0.3) is 11.6 Å². The number of nitrogens with zero attached hydrogens (tertiary/aromatic N) is 1. The van der Waals surface area contributed by atoms with Gasteiger partial charge in [0, 0.05) is 35.9 Å². The van der Waals surface area contributed by atoms with Crippen molar-refractivity contribution in [3.05, 3.63) is 57.6 Å². The van der Waals surface area contributed by atoms with Crippen LogP contribution < -0.4 is 14.8 Å². The fourth-order valence-corrected chi connectivity index (χ4v) is 2.62. The average molecular weight is 386 g/mol. The van der Waals surface area contributed by atoms with Crippen LogP contribution in [0, 0.1) is 10.1 Å². The Kier molecular flexibility index (Phi) is 5.73. The topological polar surface area (TPSA) is 117 Å². The van der Waals surface area contributed by atoms with Crippen molar-refractivity contribution in [2.24, 2.45) is 0 Å². The van der Waals surface area contributed by atoms with E-state index in [9.17, 15) is 19.7 Å². The molecule has 0 unspecified atom stereocenters. The molecule has 146 valence electrons. The number of rotatable bonds is 5. The minimum Gasteiger partial charge on any atom is -0.490 e. The quantitative estimate of drug-likeness (QED) is 0.476. The minimum absolute atomic E-state index is 0.0376. The van der Waals surface area contributed by atoms with Crippen molar-refractivity contribution in [2.45, 2.75) is 13.3 Å². The van der Waals surface area contributed by atoms with E-state index >= 15 is 0 Å². The number of anilines is 1. The molecule has 0 bridgehead atoms. The highest BCUT2D eigenvalue weighted by Crippen LogP contribution is 2.32. The molecule has 9 heteroatoms. The van der Waals surface area contributed by atoms with Gasteiger partial charge in [-0.3, -0.25) is 14.9 Å². The molecule has 1 amide bonds. The highest BCUT2D eigenvalue weighted by Gasteiger charge is 2.19. The molecule has 1 heterocycles. The highest BCUT2D eigenvalue weighted by atomic mass is 16.6. The van der Waals surface area contributed by atoms with Crippen LogP contribution >= 0.6 is 0 Å².